The molecule has 1 atom stereocenters. The molecule has 0 bridgehead atoms. The van der Waals surface area contributed by atoms with Gasteiger partial charge in [-0.2, -0.15) is 0 Å². The molecule has 1 aromatic rings. The normalized spacial score (nSPS) is 19.2. The number of piperidine rings is 1. The van der Waals surface area contributed by atoms with Crippen molar-refractivity contribution < 1.29 is 4.74 Å². The van der Waals surface area contributed by atoms with Crippen LogP contribution in [0.15, 0.2) is 6.20 Å². The van der Waals surface area contributed by atoms with Gasteiger partial charge in [0.25, 0.3) is 0 Å². The molecule has 120 valence electrons. The van der Waals surface area contributed by atoms with Crippen molar-refractivity contribution in [3.63, 3.8) is 0 Å². The Morgan fingerprint density at radius 1 is 1.43 bits per heavy atom. The van der Waals surface area contributed by atoms with Gasteiger partial charge < -0.3 is 19.9 Å². The van der Waals surface area contributed by atoms with Crippen LogP contribution in [0, 0.1) is 5.92 Å². The first kappa shape index (κ1) is 16.3. The number of hydrogen-bond acceptors (Lipinski definition) is 4. The van der Waals surface area contributed by atoms with Crippen molar-refractivity contribution in [1.29, 1.82) is 0 Å². The first-order chi connectivity index (χ1) is 10.3. The third kappa shape index (κ3) is 4.45. The number of aromatic nitrogens is 2. The number of aryl methyl sites for hydroxylation is 2. The van der Waals surface area contributed by atoms with E-state index in [1.54, 1.807) is 0 Å². The van der Waals surface area contributed by atoms with E-state index in [0.29, 0.717) is 5.92 Å². The molecule has 5 nitrogen and oxygen atoms in total. The molecule has 0 radical (unpaired) electrons. The second-order valence-corrected chi connectivity index (χ2v) is 5.82. The van der Waals surface area contributed by atoms with Gasteiger partial charge in [0.2, 0.25) is 5.95 Å². The smallest absolute Gasteiger partial charge is 0.205 e. The Kier molecular flexibility index (Phi) is 6.51. The fourth-order valence-electron chi connectivity index (χ4n) is 2.97. The molecule has 1 fully saturated rings. The molecule has 0 amide bonds. The Morgan fingerprint density at radius 2 is 2.29 bits per heavy atom. The summed E-state index contributed by atoms with van der Waals surface area (Å²) in [7, 11) is 0. The van der Waals surface area contributed by atoms with Gasteiger partial charge in [-0.1, -0.05) is 6.92 Å². The van der Waals surface area contributed by atoms with Crippen LogP contribution in [0.1, 0.15) is 38.8 Å². The van der Waals surface area contributed by atoms with Gasteiger partial charge in [0.15, 0.2) is 0 Å². The molecule has 0 spiro atoms. The zero-order valence-electron chi connectivity index (χ0n) is 13.6. The van der Waals surface area contributed by atoms with E-state index in [0.717, 1.165) is 58.2 Å². The Bertz CT molecular complexity index is 418. The lowest BCUT2D eigenvalue weighted by Gasteiger charge is -2.33. The molecule has 1 saturated heterocycles. The maximum absolute atomic E-state index is 5.86. The predicted octanol–water partition coefficient (Wildman–Crippen LogP) is 2.05. The number of nitrogens with two attached hydrogens (primary N) is 1. The molecule has 0 aliphatic carbocycles. The van der Waals surface area contributed by atoms with Crippen LogP contribution in [-0.2, 0) is 17.7 Å². The van der Waals surface area contributed by atoms with E-state index >= 15 is 0 Å². The van der Waals surface area contributed by atoms with Crippen molar-refractivity contribution in [1.82, 2.24) is 9.55 Å². The molecule has 2 N–H and O–H groups in total. The molecular weight excluding hydrogens is 264 g/mol. The van der Waals surface area contributed by atoms with Gasteiger partial charge >= 0.3 is 0 Å². The zero-order chi connectivity index (χ0) is 15.1. The van der Waals surface area contributed by atoms with Gasteiger partial charge in [-0.15, -0.1) is 0 Å². The molecule has 0 saturated carbocycles. The Labute approximate surface area is 128 Å². The summed E-state index contributed by atoms with van der Waals surface area (Å²) in [4.78, 5) is 7.24. The lowest BCUT2D eigenvalue weighted by molar-refractivity contribution is 0.141. The molecule has 1 aromatic heterocycles. The van der Waals surface area contributed by atoms with Crippen molar-refractivity contribution in [3.8, 4) is 0 Å². The summed E-state index contributed by atoms with van der Waals surface area (Å²) in [5, 5.41) is 0. The van der Waals surface area contributed by atoms with E-state index in [1.165, 1.54) is 18.5 Å². The molecule has 21 heavy (non-hydrogen) atoms. The fourth-order valence-corrected chi connectivity index (χ4v) is 2.97. The summed E-state index contributed by atoms with van der Waals surface area (Å²) in [6, 6.07) is 0. The maximum atomic E-state index is 5.86. The summed E-state index contributed by atoms with van der Waals surface area (Å²) < 4.78 is 7.75. The summed E-state index contributed by atoms with van der Waals surface area (Å²) in [6.07, 6.45) is 6.69. The summed E-state index contributed by atoms with van der Waals surface area (Å²) in [5.74, 6) is 1.74. The topological polar surface area (TPSA) is 56.3 Å². The van der Waals surface area contributed by atoms with E-state index < -0.39 is 0 Å². The zero-order valence-corrected chi connectivity index (χ0v) is 13.6. The summed E-state index contributed by atoms with van der Waals surface area (Å²) in [5.41, 5.74) is 7.03. The number of hydrogen-bond donors (Lipinski definition) is 1. The molecule has 2 rings (SSSR count). The molecule has 2 heterocycles. The molecule has 1 aliphatic heterocycles. The van der Waals surface area contributed by atoms with E-state index in [2.05, 4.69) is 22.6 Å². The lowest BCUT2D eigenvalue weighted by Crippen LogP contribution is -2.39. The van der Waals surface area contributed by atoms with Crippen LogP contribution in [0.2, 0.25) is 0 Å². The molecular formula is C16H30N4O. The highest BCUT2D eigenvalue weighted by Gasteiger charge is 2.22. The first-order valence-electron chi connectivity index (χ1n) is 8.37. The van der Waals surface area contributed by atoms with Crippen molar-refractivity contribution >= 4 is 5.95 Å². The summed E-state index contributed by atoms with van der Waals surface area (Å²) >= 11 is 0. The van der Waals surface area contributed by atoms with Crippen LogP contribution in [-0.4, -0.2) is 42.4 Å². The minimum atomic E-state index is 0.609. The van der Waals surface area contributed by atoms with Crippen LogP contribution in [0.4, 0.5) is 5.95 Å². The average molecular weight is 294 g/mol. The van der Waals surface area contributed by atoms with Crippen molar-refractivity contribution in [2.24, 2.45) is 11.7 Å². The van der Waals surface area contributed by atoms with Crippen molar-refractivity contribution in [2.75, 3.05) is 37.7 Å². The largest absolute Gasteiger partial charge is 0.382 e. The van der Waals surface area contributed by atoms with Gasteiger partial charge in [-0.3, -0.25) is 0 Å². The number of imidazole rings is 1. The molecule has 0 aromatic carbocycles. The number of nitrogens with zero attached hydrogens (tertiary/aromatic N) is 3. The first-order valence-corrected chi connectivity index (χ1v) is 8.37. The lowest BCUT2D eigenvalue weighted by atomic mass is 9.99. The quantitative estimate of drug-likeness (QED) is 0.746. The van der Waals surface area contributed by atoms with Gasteiger partial charge in [-0.25, -0.2) is 4.98 Å². The summed E-state index contributed by atoms with van der Waals surface area (Å²) in [6.45, 7) is 9.72. The molecule has 1 aliphatic rings. The SMILES string of the molecule is CCOCCCn1cc(CC)nc1N1CCCC(CN)C1. The Balaban J connectivity index is 2.03. The van der Waals surface area contributed by atoms with Crippen molar-refractivity contribution in [3.05, 3.63) is 11.9 Å². The van der Waals surface area contributed by atoms with E-state index in [-0.39, 0.29) is 0 Å². The van der Waals surface area contributed by atoms with Crippen LogP contribution in [0.25, 0.3) is 0 Å². The van der Waals surface area contributed by atoms with Crippen LogP contribution >= 0.6 is 0 Å². The highest BCUT2D eigenvalue weighted by molar-refractivity contribution is 5.34. The van der Waals surface area contributed by atoms with E-state index in [4.69, 9.17) is 15.5 Å². The standard InChI is InChI=1S/C16H30N4O/c1-3-15-13-20(9-6-10-21-4-2)16(18-15)19-8-5-7-14(11-17)12-19/h13-14H,3-12,17H2,1-2H3. The second-order valence-electron chi connectivity index (χ2n) is 5.82. The second kappa shape index (κ2) is 8.39. The maximum Gasteiger partial charge on any atom is 0.205 e. The number of anilines is 1. The van der Waals surface area contributed by atoms with Crippen molar-refractivity contribution in [2.45, 2.75) is 46.1 Å². The van der Waals surface area contributed by atoms with Gasteiger partial charge in [0.1, 0.15) is 0 Å². The van der Waals surface area contributed by atoms with E-state index in [9.17, 15) is 0 Å². The molecule has 5 heteroatoms. The number of rotatable bonds is 8. The predicted molar refractivity (Wildman–Crippen MR) is 86.7 cm³/mol. The van der Waals surface area contributed by atoms with Gasteiger partial charge in [0.05, 0.1) is 5.69 Å². The van der Waals surface area contributed by atoms with E-state index in [1.807, 2.05) is 6.92 Å². The average Bonchev–Trinajstić information content (AvgIpc) is 2.95. The third-order valence-electron chi connectivity index (χ3n) is 4.19. The van der Waals surface area contributed by atoms with Gasteiger partial charge in [0, 0.05) is 39.0 Å². The highest BCUT2D eigenvalue weighted by atomic mass is 16.5. The highest BCUT2D eigenvalue weighted by Crippen LogP contribution is 2.23. The Morgan fingerprint density at radius 3 is 3.00 bits per heavy atom. The molecule has 1 unspecified atom stereocenters. The van der Waals surface area contributed by atoms with Crippen LogP contribution in [0.5, 0.6) is 0 Å². The van der Waals surface area contributed by atoms with Crippen LogP contribution in [0.3, 0.4) is 0 Å². The minimum Gasteiger partial charge on any atom is -0.382 e. The third-order valence-corrected chi connectivity index (χ3v) is 4.19. The van der Waals surface area contributed by atoms with Gasteiger partial charge in [-0.05, 0) is 45.1 Å². The fraction of sp³-hybridized carbons (Fsp3) is 0.812. The van der Waals surface area contributed by atoms with Crippen LogP contribution < -0.4 is 10.6 Å². The minimum absolute atomic E-state index is 0.609. The Hall–Kier alpha value is -1.07. The monoisotopic (exact) mass is 294 g/mol. The number of ether oxygens (including phenoxy) is 1.